The third kappa shape index (κ3) is 3.23. The zero-order valence-corrected chi connectivity index (χ0v) is 13.5. The van der Waals surface area contributed by atoms with Crippen molar-refractivity contribution < 1.29 is 0 Å². The van der Waals surface area contributed by atoms with Gasteiger partial charge < -0.3 is 5.32 Å². The van der Waals surface area contributed by atoms with Crippen molar-refractivity contribution in [2.75, 3.05) is 13.1 Å². The van der Waals surface area contributed by atoms with E-state index in [9.17, 15) is 0 Å². The minimum absolute atomic E-state index is 0.306. The van der Waals surface area contributed by atoms with Crippen LogP contribution in [0.1, 0.15) is 52.0 Å². The first kappa shape index (κ1) is 15.5. The van der Waals surface area contributed by atoms with Crippen molar-refractivity contribution in [3.8, 4) is 0 Å². The van der Waals surface area contributed by atoms with Gasteiger partial charge in [-0.3, -0.25) is 9.58 Å². The van der Waals surface area contributed by atoms with E-state index in [-0.39, 0.29) is 0 Å². The van der Waals surface area contributed by atoms with Crippen molar-refractivity contribution in [2.24, 2.45) is 7.05 Å². The van der Waals surface area contributed by atoms with Gasteiger partial charge in [-0.05, 0) is 19.3 Å². The van der Waals surface area contributed by atoms with Gasteiger partial charge in [0.1, 0.15) is 0 Å². The first-order chi connectivity index (χ1) is 9.63. The summed E-state index contributed by atoms with van der Waals surface area (Å²) >= 11 is 0. The van der Waals surface area contributed by atoms with Gasteiger partial charge in [-0.15, -0.1) is 0 Å². The lowest BCUT2D eigenvalue weighted by molar-refractivity contribution is 0.0227. The van der Waals surface area contributed by atoms with Gasteiger partial charge in [0.05, 0.1) is 6.20 Å². The number of rotatable bonds is 6. The lowest BCUT2D eigenvalue weighted by atomic mass is 9.86. The molecule has 1 atom stereocenters. The molecule has 0 spiro atoms. The van der Waals surface area contributed by atoms with E-state index in [1.165, 1.54) is 31.2 Å². The quantitative estimate of drug-likeness (QED) is 0.868. The van der Waals surface area contributed by atoms with Crippen molar-refractivity contribution in [3.05, 3.63) is 18.0 Å². The van der Waals surface area contributed by atoms with Gasteiger partial charge in [-0.2, -0.15) is 5.10 Å². The third-order valence-electron chi connectivity index (χ3n) is 4.92. The number of aromatic nitrogens is 2. The fraction of sp³-hybridized carbons (Fsp3) is 0.812. The first-order valence-corrected chi connectivity index (χ1v) is 8.09. The minimum Gasteiger partial charge on any atom is -0.311 e. The van der Waals surface area contributed by atoms with Crippen LogP contribution >= 0.6 is 0 Å². The second kappa shape index (κ2) is 6.72. The maximum absolute atomic E-state index is 4.31. The Kier molecular flexibility index (Phi) is 5.22. The summed E-state index contributed by atoms with van der Waals surface area (Å²) in [6.45, 7) is 10.2. The zero-order chi connectivity index (χ0) is 14.6. The van der Waals surface area contributed by atoms with Crippen LogP contribution in [0.25, 0.3) is 0 Å². The molecule has 1 aliphatic rings. The monoisotopic (exact) mass is 278 g/mol. The molecule has 0 aliphatic carbocycles. The van der Waals surface area contributed by atoms with E-state index in [2.05, 4.69) is 42.3 Å². The van der Waals surface area contributed by atoms with Crippen molar-refractivity contribution >= 4 is 0 Å². The summed E-state index contributed by atoms with van der Waals surface area (Å²) in [6, 6.07) is 0.642. The van der Waals surface area contributed by atoms with Gasteiger partial charge >= 0.3 is 0 Å². The predicted octanol–water partition coefficient (Wildman–Crippen LogP) is 2.55. The molecule has 1 saturated heterocycles. The van der Waals surface area contributed by atoms with Crippen molar-refractivity contribution in [1.29, 1.82) is 0 Å². The molecule has 1 fully saturated rings. The highest BCUT2D eigenvalue weighted by Crippen LogP contribution is 2.29. The van der Waals surface area contributed by atoms with Gasteiger partial charge in [-0.1, -0.05) is 27.2 Å². The van der Waals surface area contributed by atoms with Gasteiger partial charge in [0, 0.05) is 50.0 Å². The highest BCUT2D eigenvalue weighted by atomic mass is 15.3. The number of piperazine rings is 1. The van der Waals surface area contributed by atoms with Crippen LogP contribution in [0.5, 0.6) is 0 Å². The Morgan fingerprint density at radius 2 is 2.10 bits per heavy atom. The average molecular weight is 278 g/mol. The van der Waals surface area contributed by atoms with E-state index in [0.29, 0.717) is 11.6 Å². The van der Waals surface area contributed by atoms with E-state index in [1.54, 1.807) is 0 Å². The molecular formula is C16H30N4. The summed E-state index contributed by atoms with van der Waals surface area (Å²) < 4.78 is 1.90. The Hall–Kier alpha value is -0.870. The number of nitrogens with zero attached hydrogens (tertiary/aromatic N) is 3. The number of nitrogens with one attached hydrogen (secondary N) is 1. The second-order valence-corrected chi connectivity index (χ2v) is 6.20. The van der Waals surface area contributed by atoms with E-state index in [1.807, 2.05) is 17.9 Å². The highest BCUT2D eigenvalue weighted by molar-refractivity contribution is 5.07. The Balaban J connectivity index is 2.12. The molecule has 114 valence electrons. The number of hydrogen-bond donors (Lipinski definition) is 1. The Bertz CT molecular complexity index is 408. The van der Waals surface area contributed by atoms with Crippen LogP contribution in [0.15, 0.2) is 12.4 Å². The molecule has 1 N–H and O–H groups in total. The van der Waals surface area contributed by atoms with E-state index < -0.39 is 0 Å². The molecule has 0 bridgehead atoms. The lowest BCUT2D eigenvalue weighted by Gasteiger charge is -2.49. The molecule has 0 radical (unpaired) electrons. The number of aryl methyl sites for hydroxylation is 1. The van der Waals surface area contributed by atoms with Gasteiger partial charge in [-0.25, -0.2) is 0 Å². The summed E-state index contributed by atoms with van der Waals surface area (Å²) in [7, 11) is 1.99. The summed E-state index contributed by atoms with van der Waals surface area (Å²) in [5, 5.41) is 8.08. The summed E-state index contributed by atoms with van der Waals surface area (Å²) in [4.78, 5) is 2.70. The molecular weight excluding hydrogens is 248 g/mol. The zero-order valence-electron chi connectivity index (χ0n) is 13.5. The maximum atomic E-state index is 4.31. The molecule has 1 aliphatic heterocycles. The second-order valence-electron chi connectivity index (χ2n) is 6.20. The van der Waals surface area contributed by atoms with Crippen LogP contribution in [0.2, 0.25) is 0 Å². The SMILES string of the molecule is CCCC1CN(Cc2cnn(C)c2)C(CC)(CC)CN1. The largest absolute Gasteiger partial charge is 0.311 e. The van der Waals surface area contributed by atoms with E-state index in [0.717, 1.165) is 19.6 Å². The van der Waals surface area contributed by atoms with Crippen molar-refractivity contribution in [3.63, 3.8) is 0 Å². The molecule has 0 amide bonds. The predicted molar refractivity (Wildman–Crippen MR) is 83.6 cm³/mol. The lowest BCUT2D eigenvalue weighted by Crippen LogP contribution is -2.63. The molecule has 0 saturated carbocycles. The van der Waals surface area contributed by atoms with E-state index >= 15 is 0 Å². The Morgan fingerprint density at radius 3 is 2.65 bits per heavy atom. The normalized spacial score (nSPS) is 23.1. The van der Waals surface area contributed by atoms with Crippen molar-refractivity contribution in [1.82, 2.24) is 20.0 Å². The fourth-order valence-corrected chi connectivity index (χ4v) is 3.47. The molecule has 2 rings (SSSR count). The molecule has 0 aromatic carbocycles. The van der Waals surface area contributed by atoms with Crippen LogP contribution in [0.4, 0.5) is 0 Å². The molecule has 1 aromatic heterocycles. The highest BCUT2D eigenvalue weighted by Gasteiger charge is 2.38. The average Bonchev–Trinajstić information content (AvgIpc) is 2.86. The summed E-state index contributed by atoms with van der Waals surface area (Å²) in [5.41, 5.74) is 1.64. The molecule has 20 heavy (non-hydrogen) atoms. The molecule has 2 heterocycles. The van der Waals surface area contributed by atoms with Crippen LogP contribution < -0.4 is 5.32 Å². The topological polar surface area (TPSA) is 33.1 Å². The van der Waals surface area contributed by atoms with E-state index in [4.69, 9.17) is 0 Å². The molecule has 4 heteroatoms. The number of hydrogen-bond acceptors (Lipinski definition) is 3. The third-order valence-corrected chi connectivity index (χ3v) is 4.92. The molecule has 1 unspecified atom stereocenters. The van der Waals surface area contributed by atoms with Gasteiger partial charge in [0.25, 0.3) is 0 Å². The van der Waals surface area contributed by atoms with Crippen LogP contribution in [-0.2, 0) is 13.6 Å². The first-order valence-electron chi connectivity index (χ1n) is 8.09. The summed E-state index contributed by atoms with van der Waals surface area (Å²) in [5.74, 6) is 0. The Labute approximate surface area is 123 Å². The fourth-order valence-electron chi connectivity index (χ4n) is 3.47. The molecule has 1 aromatic rings. The standard InChI is InChI=1S/C16H30N4/c1-5-8-15-12-20(11-14-9-18-19(4)10-14)16(6-2,7-3)13-17-15/h9-10,15,17H,5-8,11-13H2,1-4H3. The van der Waals surface area contributed by atoms with Crippen molar-refractivity contribution in [2.45, 2.75) is 64.6 Å². The minimum atomic E-state index is 0.306. The van der Waals surface area contributed by atoms with Gasteiger partial charge in [0.2, 0.25) is 0 Å². The van der Waals surface area contributed by atoms with Crippen LogP contribution in [-0.4, -0.2) is 39.4 Å². The van der Waals surface area contributed by atoms with Gasteiger partial charge in [0.15, 0.2) is 0 Å². The van der Waals surface area contributed by atoms with Crippen LogP contribution in [0.3, 0.4) is 0 Å². The smallest absolute Gasteiger partial charge is 0.0534 e. The molecule has 4 nitrogen and oxygen atoms in total. The summed E-state index contributed by atoms with van der Waals surface area (Å²) in [6.07, 6.45) is 9.09. The van der Waals surface area contributed by atoms with Crippen LogP contribution in [0, 0.1) is 0 Å². The Morgan fingerprint density at radius 1 is 1.35 bits per heavy atom. The maximum Gasteiger partial charge on any atom is 0.0534 e.